The van der Waals surface area contributed by atoms with E-state index in [1.807, 2.05) is 0 Å². The molecule has 2 aromatic rings. The molecule has 1 nitrogen and oxygen atoms in total. The molecule has 0 heterocycles. The SMILES string of the molecule is CNC(c1ccc(F)cc1)c1cc(C)c(F)cc1F. The number of halogens is 3. The van der Waals surface area contributed by atoms with Crippen molar-refractivity contribution in [3.8, 4) is 0 Å². The van der Waals surface area contributed by atoms with E-state index < -0.39 is 17.7 Å². The van der Waals surface area contributed by atoms with Crippen LogP contribution in [-0.2, 0) is 0 Å². The zero-order valence-corrected chi connectivity index (χ0v) is 10.7. The Hall–Kier alpha value is -1.81. The van der Waals surface area contributed by atoms with Crippen LogP contribution >= 0.6 is 0 Å². The van der Waals surface area contributed by atoms with Gasteiger partial charge in [-0.05, 0) is 43.3 Å². The van der Waals surface area contributed by atoms with Crippen molar-refractivity contribution in [2.75, 3.05) is 7.05 Å². The van der Waals surface area contributed by atoms with Crippen LogP contribution in [0.15, 0.2) is 36.4 Å². The summed E-state index contributed by atoms with van der Waals surface area (Å²) in [5.74, 6) is -1.55. The molecule has 1 atom stereocenters. The van der Waals surface area contributed by atoms with Crippen molar-refractivity contribution in [3.05, 3.63) is 70.5 Å². The normalized spacial score (nSPS) is 12.5. The van der Waals surface area contributed by atoms with Gasteiger partial charge in [0.25, 0.3) is 0 Å². The molecule has 1 N–H and O–H groups in total. The number of aryl methyl sites for hydroxylation is 1. The highest BCUT2D eigenvalue weighted by atomic mass is 19.1. The average molecular weight is 265 g/mol. The quantitative estimate of drug-likeness (QED) is 0.891. The number of rotatable bonds is 3. The van der Waals surface area contributed by atoms with Gasteiger partial charge in [-0.25, -0.2) is 13.2 Å². The molecule has 0 saturated carbocycles. The Balaban J connectivity index is 2.47. The second kappa shape index (κ2) is 5.45. The smallest absolute Gasteiger partial charge is 0.131 e. The molecule has 19 heavy (non-hydrogen) atoms. The van der Waals surface area contributed by atoms with E-state index in [2.05, 4.69) is 5.32 Å². The molecule has 0 radical (unpaired) electrons. The molecule has 0 bridgehead atoms. The maximum Gasteiger partial charge on any atom is 0.131 e. The first-order chi connectivity index (χ1) is 9.02. The minimum absolute atomic E-state index is 0.341. The van der Waals surface area contributed by atoms with Crippen molar-refractivity contribution in [1.82, 2.24) is 5.32 Å². The van der Waals surface area contributed by atoms with Crippen molar-refractivity contribution in [2.45, 2.75) is 13.0 Å². The molecule has 0 amide bonds. The Kier molecular flexibility index (Phi) is 3.90. The fourth-order valence-electron chi connectivity index (χ4n) is 2.06. The lowest BCUT2D eigenvalue weighted by Gasteiger charge is -2.18. The first-order valence-corrected chi connectivity index (χ1v) is 5.91. The molecule has 0 fully saturated rings. The van der Waals surface area contributed by atoms with Crippen LogP contribution < -0.4 is 5.32 Å². The molecule has 4 heteroatoms. The molecular formula is C15H14F3N. The third-order valence-electron chi connectivity index (χ3n) is 3.08. The van der Waals surface area contributed by atoms with Gasteiger partial charge < -0.3 is 5.32 Å². The molecule has 100 valence electrons. The summed E-state index contributed by atoms with van der Waals surface area (Å²) < 4.78 is 40.1. The van der Waals surface area contributed by atoms with Gasteiger partial charge in [0, 0.05) is 11.6 Å². The van der Waals surface area contributed by atoms with Crippen LogP contribution in [-0.4, -0.2) is 7.05 Å². The van der Waals surface area contributed by atoms with Gasteiger partial charge >= 0.3 is 0 Å². The summed E-state index contributed by atoms with van der Waals surface area (Å²) in [6.07, 6.45) is 0. The standard InChI is InChI=1S/C15H14F3N/c1-9-7-12(14(18)8-13(9)17)15(19-2)10-3-5-11(16)6-4-10/h3-8,15,19H,1-2H3. The molecule has 0 aliphatic rings. The Bertz CT molecular complexity index is 579. The van der Waals surface area contributed by atoms with Gasteiger partial charge in [0.05, 0.1) is 6.04 Å². The Labute approximate surface area is 110 Å². The van der Waals surface area contributed by atoms with Crippen molar-refractivity contribution >= 4 is 0 Å². The van der Waals surface area contributed by atoms with Crippen molar-refractivity contribution in [1.29, 1.82) is 0 Å². The minimum Gasteiger partial charge on any atom is -0.309 e. The van der Waals surface area contributed by atoms with E-state index in [4.69, 9.17) is 0 Å². The lowest BCUT2D eigenvalue weighted by Crippen LogP contribution is -2.19. The first-order valence-electron chi connectivity index (χ1n) is 5.91. The van der Waals surface area contributed by atoms with E-state index in [0.717, 1.165) is 6.07 Å². The van der Waals surface area contributed by atoms with Crippen molar-refractivity contribution in [2.24, 2.45) is 0 Å². The highest BCUT2D eigenvalue weighted by molar-refractivity contribution is 5.35. The van der Waals surface area contributed by atoms with Crippen LogP contribution in [0.5, 0.6) is 0 Å². The van der Waals surface area contributed by atoms with E-state index in [1.54, 1.807) is 26.1 Å². The van der Waals surface area contributed by atoms with Crippen LogP contribution in [0.4, 0.5) is 13.2 Å². The second-order valence-electron chi connectivity index (χ2n) is 4.40. The third-order valence-corrected chi connectivity index (χ3v) is 3.08. The summed E-state index contributed by atoms with van der Waals surface area (Å²) in [5.41, 5.74) is 1.43. The molecule has 0 aliphatic carbocycles. The first kappa shape index (κ1) is 13.6. The fraction of sp³-hybridized carbons (Fsp3) is 0.200. The van der Waals surface area contributed by atoms with Crippen molar-refractivity contribution < 1.29 is 13.2 Å². The number of hydrogen-bond acceptors (Lipinski definition) is 1. The van der Waals surface area contributed by atoms with E-state index in [9.17, 15) is 13.2 Å². The second-order valence-corrected chi connectivity index (χ2v) is 4.40. The van der Waals surface area contributed by atoms with E-state index in [-0.39, 0.29) is 5.82 Å². The van der Waals surface area contributed by atoms with Gasteiger partial charge in [0.15, 0.2) is 0 Å². The minimum atomic E-state index is -0.619. The largest absolute Gasteiger partial charge is 0.309 e. The number of nitrogens with one attached hydrogen (secondary N) is 1. The van der Waals surface area contributed by atoms with Gasteiger partial charge in [-0.15, -0.1) is 0 Å². The lowest BCUT2D eigenvalue weighted by molar-refractivity contribution is 0.547. The van der Waals surface area contributed by atoms with E-state index in [0.29, 0.717) is 16.7 Å². The highest BCUT2D eigenvalue weighted by Gasteiger charge is 2.18. The Morgan fingerprint density at radius 1 is 0.947 bits per heavy atom. The molecule has 0 spiro atoms. The average Bonchev–Trinajstić information content (AvgIpc) is 2.38. The van der Waals surface area contributed by atoms with Crippen molar-refractivity contribution in [3.63, 3.8) is 0 Å². The van der Waals surface area contributed by atoms with E-state index in [1.165, 1.54) is 18.2 Å². The van der Waals surface area contributed by atoms with E-state index >= 15 is 0 Å². The molecule has 0 aromatic heterocycles. The molecule has 2 aromatic carbocycles. The maximum atomic E-state index is 13.9. The number of benzene rings is 2. The Morgan fingerprint density at radius 2 is 1.58 bits per heavy atom. The molecule has 0 saturated heterocycles. The zero-order chi connectivity index (χ0) is 14.0. The van der Waals surface area contributed by atoms with Gasteiger partial charge in [-0.2, -0.15) is 0 Å². The molecule has 1 unspecified atom stereocenters. The van der Waals surface area contributed by atoms with Gasteiger partial charge in [-0.1, -0.05) is 12.1 Å². The van der Waals surface area contributed by atoms with Crippen LogP contribution in [0.2, 0.25) is 0 Å². The predicted molar refractivity (Wildman–Crippen MR) is 68.4 cm³/mol. The topological polar surface area (TPSA) is 12.0 Å². The van der Waals surface area contributed by atoms with Crippen LogP contribution in [0, 0.1) is 24.4 Å². The summed E-state index contributed by atoms with van der Waals surface area (Å²) in [5, 5.41) is 2.96. The van der Waals surface area contributed by atoms with Crippen LogP contribution in [0.1, 0.15) is 22.7 Å². The van der Waals surface area contributed by atoms with Gasteiger partial charge in [-0.3, -0.25) is 0 Å². The van der Waals surface area contributed by atoms with Gasteiger partial charge in [0.2, 0.25) is 0 Å². The lowest BCUT2D eigenvalue weighted by atomic mass is 9.96. The fourth-order valence-corrected chi connectivity index (χ4v) is 2.06. The monoisotopic (exact) mass is 265 g/mol. The summed E-state index contributed by atoms with van der Waals surface area (Å²) in [6, 6.07) is 7.68. The summed E-state index contributed by atoms with van der Waals surface area (Å²) in [6.45, 7) is 1.58. The highest BCUT2D eigenvalue weighted by Crippen LogP contribution is 2.26. The zero-order valence-electron chi connectivity index (χ0n) is 10.7. The number of hydrogen-bond donors (Lipinski definition) is 1. The summed E-state index contributed by atoms with van der Waals surface area (Å²) >= 11 is 0. The Morgan fingerprint density at radius 3 is 2.16 bits per heavy atom. The molecule has 2 rings (SSSR count). The van der Waals surface area contributed by atoms with Gasteiger partial charge in [0.1, 0.15) is 17.5 Å². The predicted octanol–water partition coefficient (Wildman–Crippen LogP) is 3.72. The molecular weight excluding hydrogens is 251 g/mol. The maximum absolute atomic E-state index is 13.9. The molecule has 0 aliphatic heterocycles. The van der Waals surface area contributed by atoms with Crippen LogP contribution in [0.25, 0.3) is 0 Å². The van der Waals surface area contributed by atoms with Crippen LogP contribution in [0.3, 0.4) is 0 Å². The summed E-state index contributed by atoms with van der Waals surface area (Å²) in [7, 11) is 1.67. The third kappa shape index (κ3) is 2.79. The summed E-state index contributed by atoms with van der Waals surface area (Å²) in [4.78, 5) is 0.